The number of fused-ring (bicyclic) bond motifs is 2. The first-order chi connectivity index (χ1) is 14.3. The highest BCUT2D eigenvalue weighted by atomic mass is 16.6. The van der Waals surface area contributed by atoms with Crippen molar-refractivity contribution in [2.45, 2.75) is 6.54 Å². The van der Waals surface area contributed by atoms with E-state index in [9.17, 15) is 4.79 Å². The molecule has 0 spiro atoms. The number of pyridine rings is 1. The number of ether oxygens (including phenoxy) is 2. The third kappa shape index (κ3) is 3.38. The number of hydrogen-bond donors (Lipinski definition) is 1. The molecule has 4 aromatic rings. The first-order valence-corrected chi connectivity index (χ1v) is 9.33. The van der Waals surface area contributed by atoms with Gasteiger partial charge in [-0.15, -0.1) is 0 Å². The average molecular weight is 386 g/mol. The molecule has 2 aromatic carbocycles. The second-order valence-corrected chi connectivity index (χ2v) is 6.65. The molecular weight excluding hydrogens is 368 g/mol. The Bertz CT molecular complexity index is 1190. The fourth-order valence-electron chi connectivity index (χ4n) is 3.42. The Labute approximate surface area is 166 Å². The molecule has 3 heterocycles. The standard InChI is InChI=1S/C22H18N4O3/c27-21(24-16-5-6-19-20(13-16)29-12-11-28-19)14-26-18-4-2-1-3-17(18)25-22(26)15-7-9-23-10-8-15/h1-10,13H,11-12,14H2,(H,24,27). The predicted molar refractivity (Wildman–Crippen MR) is 109 cm³/mol. The van der Waals surface area contributed by atoms with Crippen LogP contribution in [0.2, 0.25) is 0 Å². The summed E-state index contributed by atoms with van der Waals surface area (Å²) in [6, 6.07) is 16.9. The number of benzene rings is 2. The van der Waals surface area contributed by atoms with E-state index in [0.717, 1.165) is 22.4 Å². The maximum Gasteiger partial charge on any atom is 0.244 e. The molecule has 144 valence electrons. The predicted octanol–water partition coefficient (Wildman–Crippen LogP) is 3.51. The molecule has 0 saturated heterocycles. The van der Waals surface area contributed by atoms with E-state index in [2.05, 4.69) is 10.3 Å². The Hall–Kier alpha value is -3.87. The van der Waals surface area contributed by atoms with Gasteiger partial charge in [0, 0.05) is 29.7 Å². The number of hydrogen-bond acceptors (Lipinski definition) is 5. The van der Waals surface area contributed by atoms with Crippen LogP contribution in [0, 0.1) is 0 Å². The molecule has 0 saturated carbocycles. The van der Waals surface area contributed by atoms with Crippen molar-refractivity contribution in [3.8, 4) is 22.9 Å². The molecule has 5 rings (SSSR count). The normalized spacial score (nSPS) is 12.7. The molecule has 7 nitrogen and oxygen atoms in total. The lowest BCUT2D eigenvalue weighted by atomic mass is 10.2. The van der Waals surface area contributed by atoms with Crippen LogP contribution in [0.15, 0.2) is 67.0 Å². The number of para-hydroxylation sites is 2. The number of nitrogens with zero attached hydrogens (tertiary/aromatic N) is 3. The van der Waals surface area contributed by atoms with E-state index >= 15 is 0 Å². The van der Waals surface area contributed by atoms with E-state index in [1.807, 2.05) is 41.0 Å². The van der Waals surface area contributed by atoms with Gasteiger partial charge >= 0.3 is 0 Å². The van der Waals surface area contributed by atoms with Gasteiger partial charge < -0.3 is 19.4 Å². The number of imidazole rings is 1. The zero-order chi connectivity index (χ0) is 19.6. The monoisotopic (exact) mass is 386 g/mol. The largest absolute Gasteiger partial charge is 0.486 e. The highest BCUT2D eigenvalue weighted by Gasteiger charge is 2.16. The van der Waals surface area contributed by atoms with Crippen molar-refractivity contribution in [2.75, 3.05) is 18.5 Å². The van der Waals surface area contributed by atoms with Crippen LogP contribution in [-0.4, -0.2) is 33.7 Å². The topological polar surface area (TPSA) is 78.3 Å². The highest BCUT2D eigenvalue weighted by Crippen LogP contribution is 2.32. The van der Waals surface area contributed by atoms with Crippen LogP contribution >= 0.6 is 0 Å². The molecule has 0 bridgehead atoms. The van der Waals surface area contributed by atoms with Gasteiger partial charge in [-0.3, -0.25) is 9.78 Å². The molecule has 0 unspecified atom stereocenters. The maximum atomic E-state index is 12.8. The van der Waals surface area contributed by atoms with Crippen LogP contribution in [-0.2, 0) is 11.3 Å². The molecule has 0 radical (unpaired) electrons. The number of aromatic nitrogens is 3. The first-order valence-electron chi connectivity index (χ1n) is 9.33. The van der Waals surface area contributed by atoms with E-state index in [1.54, 1.807) is 30.6 Å². The van der Waals surface area contributed by atoms with Crippen LogP contribution in [0.1, 0.15) is 0 Å². The van der Waals surface area contributed by atoms with Crippen LogP contribution in [0.3, 0.4) is 0 Å². The van der Waals surface area contributed by atoms with Gasteiger partial charge in [0.15, 0.2) is 11.5 Å². The lowest BCUT2D eigenvalue weighted by Gasteiger charge is -2.19. The lowest BCUT2D eigenvalue weighted by molar-refractivity contribution is -0.116. The minimum Gasteiger partial charge on any atom is -0.486 e. The summed E-state index contributed by atoms with van der Waals surface area (Å²) in [5.74, 6) is 1.90. The van der Waals surface area contributed by atoms with Crippen molar-refractivity contribution in [1.29, 1.82) is 0 Å². The average Bonchev–Trinajstić information content (AvgIpc) is 3.12. The molecule has 0 fully saturated rings. The fourth-order valence-corrected chi connectivity index (χ4v) is 3.42. The van der Waals surface area contributed by atoms with E-state index < -0.39 is 0 Å². The zero-order valence-electron chi connectivity index (χ0n) is 15.5. The molecule has 1 aliphatic rings. The van der Waals surface area contributed by atoms with E-state index in [4.69, 9.17) is 14.5 Å². The van der Waals surface area contributed by atoms with Crippen molar-refractivity contribution in [1.82, 2.24) is 14.5 Å². The molecule has 0 atom stereocenters. The van der Waals surface area contributed by atoms with Crippen LogP contribution in [0.5, 0.6) is 11.5 Å². The minimum atomic E-state index is -0.153. The third-order valence-electron chi connectivity index (χ3n) is 4.72. The van der Waals surface area contributed by atoms with Gasteiger partial charge in [0.2, 0.25) is 5.91 Å². The molecule has 7 heteroatoms. The van der Waals surface area contributed by atoms with Crippen LogP contribution in [0.4, 0.5) is 5.69 Å². The molecule has 1 aliphatic heterocycles. The van der Waals surface area contributed by atoms with E-state index in [0.29, 0.717) is 30.4 Å². The summed E-state index contributed by atoms with van der Waals surface area (Å²) in [7, 11) is 0. The van der Waals surface area contributed by atoms with Gasteiger partial charge in [0.05, 0.1) is 11.0 Å². The number of carbonyl (C=O) groups excluding carboxylic acids is 1. The summed E-state index contributed by atoms with van der Waals surface area (Å²) in [6.07, 6.45) is 3.43. The minimum absolute atomic E-state index is 0.132. The second-order valence-electron chi connectivity index (χ2n) is 6.65. The number of amides is 1. The summed E-state index contributed by atoms with van der Waals surface area (Å²) in [5, 5.41) is 2.94. The van der Waals surface area contributed by atoms with Crippen LogP contribution < -0.4 is 14.8 Å². The third-order valence-corrected chi connectivity index (χ3v) is 4.72. The van der Waals surface area contributed by atoms with Gasteiger partial charge in [-0.05, 0) is 36.4 Å². The molecule has 1 N–H and O–H groups in total. The van der Waals surface area contributed by atoms with Gasteiger partial charge in [0.1, 0.15) is 25.6 Å². The fraction of sp³-hybridized carbons (Fsp3) is 0.136. The maximum absolute atomic E-state index is 12.8. The van der Waals surface area contributed by atoms with Gasteiger partial charge in [0.25, 0.3) is 0 Å². The van der Waals surface area contributed by atoms with Gasteiger partial charge in [-0.2, -0.15) is 0 Å². The SMILES string of the molecule is O=C(Cn1c(-c2ccncc2)nc2ccccc21)Nc1ccc2c(c1)OCCO2. The van der Waals surface area contributed by atoms with E-state index in [-0.39, 0.29) is 12.5 Å². The molecule has 29 heavy (non-hydrogen) atoms. The molecule has 0 aliphatic carbocycles. The van der Waals surface area contributed by atoms with Crippen molar-refractivity contribution in [3.05, 3.63) is 67.0 Å². The smallest absolute Gasteiger partial charge is 0.244 e. The van der Waals surface area contributed by atoms with E-state index in [1.165, 1.54) is 0 Å². The summed E-state index contributed by atoms with van der Waals surface area (Å²) in [5.41, 5.74) is 3.31. The Balaban J connectivity index is 1.44. The summed E-state index contributed by atoms with van der Waals surface area (Å²) < 4.78 is 13.0. The lowest BCUT2D eigenvalue weighted by Crippen LogP contribution is -2.20. The van der Waals surface area contributed by atoms with Crippen molar-refractivity contribution in [3.63, 3.8) is 0 Å². The molecular formula is C22H18N4O3. The summed E-state index contributed by atoms with van der Waals surface area (Å²) in [4.78, 5) is 21.6. The zero-order valence-corrected chi connectivity index (χ0v) is 15.5. The quantitative estimate of drug-likeness (QED) is 0.581. The second kappa shape index (κ2) is 7.27. The Morgan fingerprint density at radius 2 is 1.79 bits per heavy atom. The number of rotatable bonds is 4. The van der Waals surface area contributed by atoms with Crippen molar-refractivity contribution in [2.24, 2.45) is 0 Å². The number of carbonyl (C=O) groups is 1. The molecule has 1 amide bonds. The van der Waals surface area contributed by atoms with Crippen molar-refractivity contribution >= 4 is 22.6 Å². The van der Waals surface area contributed by atoms with Crippen molar-refractivity contribution < 1.29 is 14.3 Å². The highest BCUT2D eigenvalue weighted by molar-refractivity contribution is 5.93. The molecule has 2 aromatic heterocycles. The Kier molecular flexibility index (Phi) is 4.32. The number of nitrogens with one attached hydrogen (secondary N) is 1. The Morgan fingerprint density at radius 1 is 1.00 bits per heavy atom. The number of anilines is 1. The summed E-state index contributed by atoms with van der Waals surface area (Å²) in [6.45, 7) is 1.16. The summed E-state index contributed by atoms with van der Waals surface area (Å²) >= 11 is 0. The van der Waals surface area contributed by atoms with Gasteiger partial charge in [-0.25, -0.2) is 4.98 Å². The van der Waals surface area contributed by atoms with Gasteiger partial charge in [-0.1, -0.05) is 12.1 Å². The van der Waals surface area contributed by atoms with Crippen LogP contribution in [0.25, 0.3) is 22.4 Å². The first kappa shape index (κ1) is 17.2. The Morgan fingerprint density at radius 3 is 2.66 bits per heavy atom.